The zero-order chi connectivity index (χ0) is 13.8. The van der Waals surface area contributed by atoms with Crippen molar-refractivity contribution < 1.29 is 14.6 Å². The predicted molar refractivity (Wildman–Crippen MR) is 77.4 cm³/mol. The van der Waals surface area contributed by atoms with Gasteiger partial charge >= 0.3 is 5.97 Å². The summed E-state index contributed by atoms with van der Waals surface area (Å²) in [7, 11) is 0. The Hall–Kier alpha value is -1.40. The zero-order valence-corrected chi connectivity index (χ0v) is 12.8. The van der Waals surface area contributed by atoms with Crippen molar-refractivity contribution in [2.24, 2.45) is 0 Å². The summed E-state index contributed by atoms with van der Waals surface area (Å²) in [6.07, 6.45) is 1.45. The summed E-state index contributed by atoms with van der Waals surface area (Å²) in [6.45, 7) is 0.149. The van der Waals surface area contributed by atoms with Crippen molar-refractivity contribution in [3.63, 3.8) is 0 Å². The van der Waals surface area contributed by atoms with E-state index < -0.39 is 5.97 Å². The molecule has 1 N–H and O–H groups in total. The van der Waals surface area contributed by atoms with Crippen molar-refractivity contribution in [3.05, 3.63) is 56.7 Å². The van der Waals surface area contributed by atoms with E-state index >= 15 is 0 Å². The van der Waals surface area contributed by atoms with Crippen LogP contribution < -0.4 is 4.74 Å². The van der Waals surface area contributed by atoms with Gasteiger partial charge in [-0.3, -0.25) is 0 Å². The van der Waals surface area contributed by atoms with Gasteiger partial charge in [-0.25, -0.2) is 9.78 Å². The minimum absolute atomic E-state index is 0.00994. The second-order valence-electron chi connectivity index (χ2n) is 3.68. The molecule has 4 nitrogen and oxygen atoms in total. The summed E-state index contributed by atoms with van der Waals surface area (Å²) < 4.78 is 7.32. The van der Waals surface area contributed by atoms with E-state index in [0.29, 0.717) is 11.3 Å². The Labute approximate surface area is 126 Å². The van der Waals surface area contributed by atoms with Crippen LogP contribution in [0.1, 0.15) is 16.1 Å². The molecule has 0 radical (unpaired) electrons. The van der Waals surface area contributed by atoms with E-state index in [1.807, 2.05) is 12.1 Å². The molecule has 0 atom stereocenters. The van der Waals surface area contributed by atoms with Gasteiger partial charge in [0.25, 0.3) is 0 Å². The number of nitrogens with zero attached hydrogens (tertiary/aromatic N) is 1. The number of hydrogen-bond donors (Lipinski definition) is 1. The Morgan fingerprint density at radius 3 is 2.79 bits per heavy atom. The number of hydrogen-bond acceptors (Lipinski definition) is 3. The SMILES string of the molecule is O=C(O)c1ncccc1COc1ccc(Br)cc1Br. The lowest BCUT2D eigenvalue weighted by Gasteiger charge is -2.09. The van der Waals surface area contributed by atoms with Gasteiger partial charge in [-0.05, 0) is 40.2 Å². The lowest BCUT2D eigenvalue weighted by molar-refractivity contribution is 0.0687. The second kappa shape index (κ2) is 6.16. The maximum absolute atomic E-state index is 11.0. The fourth-order valence-electron chi connectivity index (χ4n) is 1.50. The van der Waals surface area contributed by atoms with E-state index in [9.17, 15) is 4.79 Å². The fourth-order valence-corrected chi connectivity index (χ4v) is 2.66. The van der Waals surface area contributed by atoms with E-state index in [4.69, 9.17) is 9.84 Å². The molecular weight excluding hydrogens is 378 g/mol. The molecule has 98 valence electrons. The summed E-state index contributed by atoms with van der Waals surface area (Å²) in [5.41, 5.74) is 0.542. The molecule has 1 aromatic carbocycles. The molecule has 0 aliphatic rings. The highest BCUT2D eigenvalue weighted by atomic mass is 79.9. The highest BCUT2D eigenvalue weighted by Crippen LogP contribution is 2.28. The Kier molecular flexibility index (Phi) is 4.55. The maximum atomic E-state index is 11.0. The van der Waals surface area contributed by atoms with Gasteiger partial charge in [0.2, 0.25) is 0 Å². The summed E-state index contributed by atoms with van der Waals surface area (Å²) >= 11 is 6.73. The molecule has 0 spiro atoms. The number of carboxylic acids is 1. The molecule has 0 bridgehead atoms. The highest BCUT2D eigenvalue weighted by Gasteiger charge is 2.12. The third-order valence-electron chi connectivity index (χ3n) is 2.37. The van der Waals surface area contributed by atoms with Crippen molar-refractivity contribution in [2.45, 2.75) is 6.61 Å². The monoisotopic (exact) mass is 385 g/mol. The van der Waals surface area contributed by atoms with E-state index in [1.165, 1.54) is 6.20 Å². The van der Waals surface area contributed by atoms with Crippen LogP contribution in [0.5, 0.6) is 5.75 Å². The Bertz CT molecular complexity index is 617. The molecule has 19 heavy (non-hydrogen) atoms. The van der Waals surface area contributed by atoms with Crippen molar-refractivity contribution >= 4 is 37.8 Å². The lowest BCUT2D eigenvalue weighted by Crippen LogP contribution is -2.08. The van der Waals surface area contributed by atoms with Crippen molar-refractivity contribution in [2.75, 3.05) is 0 Å². The van der Waals surface area contributed by atoms with Crippen molar-refractivity contribution in [3.8, 4) is 5.75 Å². The van der Waals surface area contributed by atoms with Gasteiger partial charge < -0.3 is 9.84 Å². The first-order valence-electron chi connectivity index (χ1n) is 5.33. The molecule has 0 saturated carbocycles. The third kappa shape index (κ3) is 3.54. The molecule has 1 aromatic heterocycles. The number of ether oxygens (including phenoxy) is 1. The molecule has 0 unspecified atom stereocenters. The topological polar surface area (TPSA) is 59.4 Å². The molecule has 6 heteroatoms. The van der Waals surface area contributed by atoms with Gasteiger partial charge in [-0.1, -0.05) is 22.0 Å². The number of aromatic carboxylic acids is 1. The van der Waals surface area contributed by atoms with Crippen LogP contribution in [-0.2, 0) is 6.61 Å². The molecular formula is C13H9Br2NO3. The van der Waals surface area contributed by atoms with Crippen LogP contribution in [-0.4, -0.2) is 16.1 Å². The van der Waals surface area contributed by atoms with Crippen LogP contribution in [0.15, 0.2) is 45.5 Å². The highest BCUT2D eigenvalue weighted by molar-refractivity contribution is 9.11. The molecule has 2 rings (SSSR count). The number of pyridine rings is 1. The largest absolute Gasteiger partial charge is 0.488 e. The Morgan fingerprint density at radius 2 is 2.11 bits per heavy atom. The molecule has 2 aromatic rings. The van der Waals surface area contributed by atoms with E-state index in [-0.39, 0.29) is 12.3 Å². The first-order valence-corrected chi connectivity index (χ1v) is 6.91. The van der Waals surface area contributed by atoms with Crippen LogP contribution in [0.4, 0.5) is 0 Å². The van der Waals surface area contributed by atoms with Crippen LogP contribution in [0, 0.1) is 0 Å². The molecule has 0 amide bonds. The Morgan fingerprint density at radius 1 is 1.32 bits per heavy atom. The van der Waals surface area contributed by atoms with Crippen LogP contribution in [0.25, 0.3) is 0 Å². The molecule has 0 saturated heterocycles. The lowest BCUT2D eigenvalue weighted by atomic mass is 10.2. The predicted octanol–water partition coefficient (Wildman–Crippen LogP) is 3.88. The first-order chi connectivity index (χ1) is 9.08. The van der Waals surface area contributed by atoms with Crippen LogP contribution >= 0.6 is 31.9 Å². The third-order valence-corrected chi connectivity index (χ3v) is 3.48. The van der Waals surface area contributed by atoms with Crippen molar-refractivity contribution in [1.82, 2.24) is 4.98 Å². The average molecular weight is 387 g/mol. The van der Waals surface area contributed by atoms with Crippen molar-refractivity contribution in [1.29, 1.82) is 0 Å². The summed E-state index contributed by atoms with van der Waals surface area (Å²) in [5, 5.41) is 9.02. The molecule has 0 aliphatic carbocycles. The summed E-state index contributed by atoms with van der Waals surface area (Å²) in [6, 6.07) is 8.87. The van der Waals surface area contributed by atoms with Gasteiger partial charge in [-0.2, -0.15) is 0 Å². The number of rotatable bonds is 4. The quantitative estimate of drug-likeness (QED) is 0.865. The molecule has 0 aliphatic heterocycles. The van der Waals surface area contributed by atoms with E-state index in [2.05, 4.69) is 36.8 Å². The smallest absolute Gasteiger partial charge is 0.354 e. The fraction of sp³-hybridized carbons (Fsp3) is 0.0769. The van der Waals surface area contributed by atoms with Gasteiger partial charge in [0.05, 0.1) is 4.47 Å². The standard InChI is InChI=1S/C13H9Br2NO3/c14-9-3-4-11(10(15)6-9)19-7-8-2-1-5-16-12(8)13(17)18/h1-6H,7H2,(H,17,18). The number of halogens is 2. The minimum Gasteiger partial charge on any atom is -0.488 e. The number of carboxylic acid groups (broad SMARTS) is 1. The Balaban J connectivity index is 2.17. The van der Waals surface area contributed by atoms with Crippen LogP contribution in [0.2, 0.25) is 0 Å². The number of benzene rings is 1. The van der Waals surface area contributed by atoms with E-state index in [0.717, 1.165) is 8.95 Å². The second-order valence-corrected chi connectivity index (χ2v) is 5.45. The van der Waals surface area contributed by atoms with Crippen LogP contribution in [0.3, 0.4) is 0 Å². The number of carbonyl (C=O) groups is 1. The minimum atomic E-state index is -1.06. The van der Waals surface area contributed by atoms with Gasteiger partial charge in [0.15, 0.2) is 5.69 Å². The molecule has 0 fully saturated rings. The number of aromatic nitrogens is 1. The van der Waals surface area contributed by atoms with E-state index in [1.54, 1.807) is 18.2 Å². The maximum Gasteiger partial charge on any atom is 0.354 e. The normalized spacial score (nSPS) is 10.2. The summed E-state index contributed by atoms with van der Waals surface area (Å²) in [5.74, 6) is -0.419. The molecule has 1 heterocycles. The van der Waals surface area contributed by atoms with Gasteiger partial charge in [0.1, 0.15) is 12.4 Å². The first kappa shape index (κ1) is 14.0. The summed E-state index contributed by atoms with van der Waals surface area (Å²) in [4.78, 5) is 14.8. The average Bonchev–Trinajstić information content (AvgIpc) is 2.38. The van der Waals surface area contributed by atoms with Gasteiger partial charge in [-0.15, -0.1) is 0 Å². The van der Waals surface area contributed by atoms with Gasteiger partial charge in [0, 0.05) is 16.2 Å². The zero-order valence-electron chi connectivity index (χ0n) is 9.64.